The number of carbonyl (C=O) groups is 4. The average Bonchev–Trinajstić information content (AvgIpc) is 3.54. The molecule has 0 saturated heterocycles. The van der Waals surface area contributed by atoms with Gasteiger partial charge in [0.05, 0.1) is 0 Å². The van der Waals surface area contributed by atoms with Crippen molar-refractivity contribution in [2.24, 2.45) is 92.7 Å². The van der Waals surface area contributed by atoms with Crippen LogP contribution in [0.5, 0.6) is 0 Å². The number of carbonyl (C=O) groups excluding carboxylic acids is 4. The van der Waals surface area contributed by atoms with E-state index >= 15 is 0 Å². The number of rotatable bonds is 3. The van der Waals surface area contributed by atoms with Gasteiger partial charge in [-0.05, 0) is 172 Å². The van der Waals surface area contributed by atoms with Crippen molar-refractivity contribution in [2.45, 2.75) is 144 Å². The van der Waals surface area contributed by atoms with Gasteiger partial charge in [-0.1, -0.05) is 27.7 Å². The van der Waals surface area contributed by atoms with E-state index in [2.05, 4.69) is 27.7 Å². The fourth-order valence-electron chi connectivity index (χ4n) is 16.9. The van der Waals surface area contributed by atoms with Crippen molar-refractivity contribution in [2.75, 3.05) is 0 Å². The van der Waals surface area contributed by atoms with Crippen molar-refractivity contribution in [3.8, 4) is 0 Å². The Morgan fingerprint density at radius 2 is 0.870 bits per heavy atom. The first-order chi connectivity index (χ1) is 21.7. The summed E-state index contributed by atoms with van der Waals surface area (Å²) >= 11 is 0. The first-order valence-corrected chi connectivity index (χ1v) is 19.8. The molecule has 4 heteroatoms. The predicted molar refractivity (Wildman–Crippen MR) is 180 cm³/mol. The molecule has 0 aromatic heterocycles. The van der Waals surface area contributed by atoms with Crippen LogP contribution in [0.4, 0.5) is 0 Å². The van der Waals surface area contributed by atoms with Crippen molar-refractivity contribution in [1.82, 2.24) is 0 Å². The van der Waals surface area contributed by atoms with E-state index < -0.39 is 0 Å². The molecule has 0 aromatic carbocycles. The highest BCUT2D eigenvalue weighted by Gasteiger charge is 2.68. The second-order valence-corrected chi connectivity index (χ2v) is 19.7. The normalized spacial score (nSPS) is 56.1. The Balaban J connectivity index is 1.17. The summed E-state index contributed by atoms with van der Waals surface area (Å²) in [6.45, 7) is 13.8. The lowest BCUT2D eigenvalue weighted by Crippen LogP contribution is -2.63. The Labute approximate surface area is 278 Å². The molecule has 8 rings (SSSR count). The lowest BCUT2D eigenvalue weighted by Gasteiger charge is -2.68. The van der Waals surface area contributed by atoms with Gasteiger partial charge in [0.2, 0.25) is 0 Å². The Morgan fingerprint density at radius 1 is 0.478 bits per heavy atom. The third kappa shape index (κ3) is 4.09. The van der Waals surface area contributed by atoms with Crippen molar-refractivity contribution >= 4 is 23.1 Å². The van der Waals surface area contributed by atoms with Gasteiger partial charge >= 0.3 is 0 Å². The molecule has 0 N–H and O–H groups in total. The number of ketones is 4. The van der Waals surface area contributed by atoms with Crippen LogP contribution in [0, 0.1) is 92.7 Å². The van der Waals surface area contributed by atoms with E-state index in [0.29, 0.717) is 95.2 Å². The molecule has 8 saturated carbocycles. The van der Waals surface area contributed by atoms with E-state index in [0.717, 1.165) is 51.4 Å². The van der Waals surface area contributed by atoms with E-state index in [-0.39, 0.29) is 33.5 Å². The highest BCUT2D eigenvalue weighted by Crippen LogP contribution is 2.74. The van der Waals surface area contributed by atoms with Gasteiger partial charge in [-0.25, -0.2) is 0 Å². The average molecular weight is 631 g/mol. The molecule has 8 fully saturated rings. The molecule has 0 aromatic rings. The van der Waals surface area contributed by atoms with E-state index in [4.69, 9.17) is 0 Å². The largest absolute Gasteiger partial charge is 0.300 e. The second kappa shape index (κ2) is 10.6. The van der Waals surface area contributed by atoms with Gasteiger partial charge in [-0.2, -0.15) is 0 Å². The molecule has 0 spiro atoms. The molecule has 254 valence electrons. The van der Waals surface area contributed by atoms with Gasteiger partial charge < -0.3 is 0 Å². The second-order valence-electron chi connectivity index (χ2n) is 19.7. The fraction of sp³-hybridized carbons (Fsp3) is 0.905. The SMILES string of the molecule is CC(=O)[C@H]1CC[C@H]2[C@@H]3CCC4CC(=O)CC(C5CC(=O)C[C@@H]6CC[C@H]7[C@@H]8CC[C@H](C(C)=O)[C@@]8(C)CC[C@@H]7[C@@]56C)[C@]4(C)[C@H]3CC[C@]12C. The van der Waals surface area contributed by atoms with Crippen LogP contribution in [-0.2, 0) is 19.2 Å². The number of hydrogen-bond donors (Lipinski definition) is 0. The lowest BCUT2D eigenvalue weighted by atomic mass is 9.36. The highest BCUT2D eigenvalue weighted by atomic mass is 16.1. The molecule has 0 aliphatic heterocycles. The molecule has 0 heterocycles. The van der Waals surface area contributed by atoms with Crippen LogP contribution in [0.3, 0.4) is 0 Å². The maximum atomic E-state index is 13.8. The summed E-state index contributed by atoms with van der Waals surface area (Å²) in [7, 11) is 0. The van der Waals surface area contributed by atoms with Crippen LogP contribution in [-0.4, -0.2) is 23.1 Å². The summed E-state index contributed by atoms with van der Waals surface area (Å²) in [4.78, 5) is 53.2. The Hall–Kier alpha value is -1.32. The zero-order valence-corrected chi connectivity index (χ0v) is 29.9. The van der Waals surface area contributed by atoms with Gasteiger partial charge in [0.1, 0.15) is 23.1 Å². The zero-order chi connectivity index (χ0) is 32.6. The number of Topliss-reactive ketones (excluding diaryl/α,β-unsaturated/α-hetero) is 4. The summed E-state index contributed by atoms with van der Waals surface area (Å²) in [5, 5.41) is 0. The molecular weight excluding hydrogens is 568 g/mol. The molecule has 0 bridgehead atoms. The molecule has 16 atom stereocenters. The Bertz CT molecular complexity index is 1230. The van der Waals surface area contributed by atoms with Gasteiger partial charge in [-0.3, -0.25) is 19.2 Å². The molecule has 46 heavy (non-hydrogen) atoms. The topological polar surface area (TPSA) is 68.3 Å². The summed E-state index contributed by atoms with van der Waals surface area (Å²) in [5.41, 5.74) is 0.452. The van der Waals surface area contributed by atoms with Gasteiger partial charge in [-0.15, -0.1) is 0 Å². The van der Waals surface area contributed by atoms with Crippen LogP contribution in [0.15, 0.2) is 0 Å². The molecular formula is C42H62O4. The van der Waals surface area contributed by atoms with Crippen LogP contribution < -0.4 is 0 Å². The molecule has 0 amide bonds. The summed E-state index contributed by atoms with van der Waals surface area (Å²) in [6.07, 6.45) is 16.8. The summed E-state index contributed by atoms with van der Waals surface area (Å²) in [6, 6.07) is 0. The fourth-order valence-corrected chi connectivity index (χ4v) is 16.9. The van der Waals surface area contributed by atoms with E-state index in [9.17, 15) is 19.2 Å². The molecule has 4 nitrogen and oxygen atoms in total. The summed E-state index contributed by atoms with van der Waals surface area (Å²) < 4.78 is 0. The van der Waals surface area contributed by atoms with E-state index in [1.165, 1.54) is 38.5 Å². The van der Waals surface area contributed by atoms with Crippen molar-refractivity contribution in [3.05, 3.63) is 0 Å². The Kier molecular flexibility index (Phi) is 7.35. The quantitative estimate of drug-likeness (QED) is 0.312. The standard InChI is InChI=1S/C42H62O4/c1-23(43)31-11-13-33-29-9-7-25-19-27(45)21-37(41(25,5)35(29)15-17-39(31,33)3)38-22-28(46)20-26-8-10-30-34-14-12-32(24(2)44)40(34,4)18-16-36(30)42(26,38)6/h25-26,29-38H,7-22H2,1-6H3/t25-,26?,29-,30-,31+,32+,33-,34-,35-,36-,37?,38?,39+,40+,41-,42-/m0/s1. The van der Waals surface area contributed by atoms with Crippen molar-refractivity contribution < 1.29 is 19.2 Å². The first-order valence-electron chi connectivity index (χ1n) is 19.8. The highest BCUT2D eigenvalue weighted by molar-refractivity contribution is 5.82. The Morgan fingerprint density at radius 3 is 1.24 bits per heavy atom. The van der Waals surface area contributed by atoms with Crippen molar-refractivity contribution in [1.29, 1.82) is 0 Å². The third-order valence-corrected chi connectivity index (χ3v) is 18.8. The maximum absolute atomic E-state index is 13.8. The monoisotopic (exact) mass is 630 g/mol. The minimum Gasteiger partial charge on any atom is -0.300 e. The lowest BCUT2D eigenvalue weighted by molar-refractivity contribution is -0.201. The van der Waals surface area contributed by atoms with Gasteiger partial charge in [0, 0.05) is 37.5 Å². The minimum atomic E-state index is 0.0888. The smallest absolute Gasteiger partial charge is 0.133 e. The zero-order valence-electron chi connectivity index (χ0n) is 29.9. The number of fused-ring (bicyclic) bond motifs is 10. The maximum Gasteiger partial charge on any atom is 0.133 e. The van der Waals surface area contributed by atoms with Crippen LogP contribution in [0.2, 0.25) is 0 Å². The first kappa shape index (κ1) is 31.9. The van der Waals surface area contributed by atoms with Crippen LogP contribution in [0.1, 0.15) is 144 Å². The van der Waals surface area contributed by atoms with E-state index in [1.54, 1.807) is 0 Å². The van der Waals surface area contributed by atoms with Crippen LogP contribution in [0.25, 0.3) is 0 Å². The van der Waals surface area contributed by atoms with Crippen LogP contribution >= 0.6 is 0 Å². The predicted octanol–water partition coefficient (Wildman–Crippen LogP) is 9.07. The van der Waals surface area contributed by atoms with E-state index in [1.807, 2.05) is 13.8 Å². The minimum absolute atomic E-state index is 0.0888. The third-order valence-electron chi connectivity index (χ3n) is 18.8. The number of hydrogen-bond acceptors (Lipinski definition) is 4. The van der Waals surface area contributed by atoms with Gasteiger partial charge in [0.15, 0.2) is 0 Å². The molecule has 3 unspecified atom stereocenters. The van der Waals surface area contributed by atoms with Gasteiger partial charge in [0.25, 0.3) is 0 Å². The molecule has 8 aliphatic rings. The molecule has 0 radical (unpaired) electrons. The summed E-state index contributed by atoms with van der Waals surface area (Å²) in [5.74, 6) is 7.39. The molecule has 8 aliphatic carbocycles. The van der Waals surface area contributed by atoms with Crippen molar-refractivity contribution in [3.63, 3.8) is 0 Å².